The van der Waals surface area contributed by atoms with E-state index in [0.717, 1.165) is 51.4 Å². The molecule has 0 saturated heterocycles. The number of nitrogens with two attached hydrogens (primary N) is 1. The SMILES string of the molecule is CCCCCCC/C=C\C/C=C\CCCCCCCCCCCC(=O)OC(COC(=O)CCCCCCCCCCC/C=C\CCCCCCCC)COP(=O)(O)OCCN. The Bertz CT molecular complexity index is 1100. The van der Waals surface area contributed by atoms with Crippen molar-refractivity contribution in [2.24, 2.45) is 5.73 Å². The van der Waals surface area contributed by atoms with E-state index in [1.54, 1.807) is 0 Å². The van der Waals surface area contributed by atoms with Gasteiger partial charge in [-0.3, -0.25) is 18.6 Å². The summed E-state index contributed by atoms with van der Waals surface area (Å²) in [5, 5.41) is 0. The Labute approximate surface area is 375 Å². The Morgan fingerprint density at radius 2 is 0.852 bits per heavy atom. The largest absolute Gasteiger partial charge is 0.472 e. The minimum absolute atomic E-state index is 0.0526. The first-order valence-electron chi connectivity index (χ1n) is 25.5. The van der Waals surface area contributed by atoms with Gasteiger partial charge in [-0.15, -0.1) is 0 Å². The van der Waals surface area contributed by atoms with Gasteiger partial charge in [-0.2, -0.15) is 0 Å². The zero-order valence-electron chi connectivity index (χ0n) is 39.7. The monoisotopic (exact) mass is 882 g/mol. The minimum atomic E-state index is -4.38. The van der Waals surface area contributed by atoms with Gasteiger partial charge in [0, 0.05) is 19.4 Å². The Hall–Kier alpha value is -1.77. The van der Waals surface area contributed by atoms with Crippen molar-refractivity contribution in [3.63, 3.8) is 0 Å². The highest BCUT2D eigenvalue weighted by atomic mass is 31.2. The van der Waals surface area contributed by atoms with E-state index >= 15 is 0 Å². The topological polar surface area (TPSA) is 134 Å². The summed E-state index contributed by atoms with van der Waals surface area (Å²) in [7, 11) is -4.38. The second-order valence-electron chi connectivity index (χ2n) is 17.0. The van der Waals surface area contributed by atoms with Gasteiger partial charge in [0.15, 0.2) is 6.10 Å². The van der Waals surface area contributed by atoms with Crippen LogP contribution in [0.4, 0.5) is 0 Å². The van der Waals surface area contributed by atoms with E-state index in [1.165, 1.54) is 161 Å². The van der Waals surface area contributed by atoms with E-state index in [-0.39, 0.29) is 38.6 Å². The van der Waals surface area contributed by atoms with Crippen LogP contribution in [0.15, 0.2) is 36.5 Å². The number of allylic oxidation sites excluding steroid dienone is 6. The van der Waals surface area contributed by atoms with Crippen LogP contribution >= 0.6 is 7.82 Å². The molecule has 358 valence electrons. The molecular weight excluding hydrogens is 786 g/mol. The van der Waals surface area contributed by atoms with Gasteiger partial charge in [-0.05, 0) is 70.6 Å². The first kappa shape index (κ1) is 59.2. The van der Waals surface area contributed by atoms with Gasteiger partial charge in [0.05, 0.1) is 13.2 Å². The lowest BCUT2D eigenvalue weighted by Crippen LogP contribution is -2.29. The predicted molar refractivity (Wildman–Crippen MR) is 257 cm³/mol. The summed E-state index contributed by atoms with van der Waals surface area (Å²) < 4.78 is 32.9. The van der Waals surface area contributed by atoms with Crippen molar-refractivity contribution in [1.29, 1.82) is 0 Å². The second-order valence-corrected chi connectivity index (χ2v) is 18.5. The lowest BCUT2D eigenvalue weighted by molar-refractivity contribution is -0.161. The third-order valence-electron chi connectivity index (χ3n) is 11.0. The van der Waals surface area contributed by atoms with Crippen LogP contribution in [0, 0.1) is 0 Å². The van der Waals surface area contributed by atoms with E-state index in [9.17, 15) is 19.0 Å². The zero-order chi connectivity index (χ0) is 44.6. The first-order chi connectivity index (χ1) is 29.8. The van der Waals surface area contributed by atoms with E-state index in [1.807, 2.05) is 0 Å². The number of ether oxygens (including phenoxy) is 2. The molecule has 0 aromatic rings. The average molecular weight is 882 g/mol. The maximum Gasteiger partial charge on any atom is 0.472 e. The number of rotatable bonds is 48. The fourth-order valence-electron chi connectivity index (χ4n) is 7.19. The second kappa shape index (κ2) is 47.7. The van der Waals surface area contributed by atoms with Crippen molar-refractivity contribution >= 4 is 19.8 Å². The number of carbonyl (C=O) groups is 2. The number of unbranched alkanes of at least 4 members (excludes halogenated alkanes) is 29. The summed E-state index contributed by atoms with van der Waals surface area (Å²) in [6, 6.07) is 0. The molecule has 0 aliphatic rings. The van der Waals surface area contributed by atoms with Crippen LogP contribution in [0.2, 0.25) is 0 Å². The zero-order valence-corrected chi connectivity index (χ0v) is 40.5. The molecule has 2 atom stereocenters. The van der Waals surface area contributed by atoms with Crippen LogP contribution in [0.5, 0.6) is 0 Å². The highest BCUT2D eigenvalue weighted by molar-refractivity contribution is 7.47. The van der Waals surface area contributed by atoms with Gasteiger partial charge in [0.1, 0.15) is 6.61 Å². The molecule has 0 aliphatic carbocycles. The van der Waals surface area contributed by atoms with Gasteiger partial charge in [0.25, 0.3) is 0 Å². The summed E-state index contributed by atoms with van der Waals surface area (Å²) in [6.07, 6.45) is 54.6. The molecule has 0 amide bonds. The van der Waals surface area contributed by atoms with Crippen molar-refractivity contribution in [2.45, 2.75) is 251 Å². The van der Waals surface area contributed by atoms with Crippen molar-refractivity contribution in [2.75, 3.05) is 26.4 Å². The van der Waals surface area contributed by atoms with E-state index in [2.05, 4.69) is 50.3 Å². The van der Waals surface area contributed by atoms with Gasteiger partial charge in [0.2, 0.25) is 0 Å². The number of hydrogen-bond acceptors (Lipinski definition) is 8. The molecule has 0 rings (SSSR count). The van der Waals surface area contributed by atoms with Crippen molar-refractivity contribution in [3.8, 4) is 0 Å². The molecule has 0 heterocycles. The van der Waals surface area contributed by atoms with Crippen molar-refractivity contribution in [1.82, 2.24) is 0 Å². The molecular formula is C51H96NO8P. The molecule has 3 N–H and O–H groups in total. The fraction of sp³-hybridized carbons (Fsp3) is 0.843. The van der Waals surface area contributed by atoms with Crippen LogP contribution in [-0.2, 0) is 32.7 Å². The van der Waals surface area contributed by atoms with Crippen LogP contribution in [-0.4, -0.2) is 49.3 Å². The Balaban J connectivity index is 4.05. The smallest absolute Gasteiger partial charge is 0.462 e. The first-order valence-corrected chi connectivity index (χ1v) is 27.0. The van der Waals surface area contributed by atoms with Gasteiger partial charge < -0.3 is 20.1 Å². The predicted octanol–water partition coefficient (Wildman–Crippen LogP) is 15.3. The normalized spacial score (nSPS) is 13.4. The van der Waals surface area contributed by atoms with Crippen LogP contribution in [0.1, 0.15) is 245 Å². The van der Waals surface area contributed by atoms with Gasteiger partial charge in [-0.25, -0.2) is 4.57 Å². The van der Waals surface area contributed by atoms with Crippen LogP contribution < -0.4 is 5.73 Å². The molecule has 0 aromatic heterocycles. The maximum absolute atomic E-state index is 12.6. The fourth-order valence-corrected chi connectivity index (χ4v) is 7.96. The summed E-state index contributed by atoms with van der Waals surface area (Å²) in [4.78, 5) is 35.0. The molecule has 2 unspecified atom stereocenters. The maximum atomic E-state index is 12.6. The quantitative estimate of drug-likeness (QED) is 0.0265. The Kier molecular flexibility index (Phi) is 46.3. The standard InChI is InChI=1S/C51H96NO8P/c1-3-5-7-9-11-13-15-17-19-21-23-24-26-28-30-32-34-36-38-40-42-44-51(54)60-49(48-59-61(55,56)58-46-45-52)47-57-50(53)43-41-39-37-35-33-31-29-27-25-22-20-18-16-14-12-10-8-6-4-2/h15,17-18,20-21,23,49H,3-14,16,19,22,24-48,52H2,1-2H3,(H,55,56)/b17-15-,20-18-,23-21-. The molecule has 61 heavy (non-hydrogen) atoms. The molecule has 0 bridgehead atoms. The molecule has 0 spiro atoms. The summed E-state index contributed by atoms with van der Waals surface area (Å²) in [5.41, 5.74) is 5.37. The summed E-state index contributed by atoms with van der Waals surface area (Å²) in [6.45, 7) is 3.74. The lowest BCUT2D eigenvalue weighted by Gasteiger charge is -2.19. The third-order valence-corrected chi connectivity index (χ3v) is 12.0. The Morgan fingerprint density at radius 3 is 1.26 bits per heavy atom. The van der Waals surface area contributed by atoms with E-state index < -0.39 is 26.5 Å². The molecule has 0 aliphatic heterocycles. The van der Waals surface area contributed by atoms with Crippen molar-refractivity contribution < 1.29 is 37.6 Å². The van der Waals surface area contributed by atoms with E-state index in [0.29, 0.717) is 6.42 Å². The number of phosphoric acid groups is 1. The third kappa shape index (κ3) is 47.5. The minimum Gasteiger partial charge on any atom is -0.462 e. The molecule has 9 nitrogen and oxygen atoms in total. The van der Waals surface area contributed by atoms with Gasteiger partial charge >= 0.3 is 19.8 Å². The van der Waals surface area contributed by atoms with Crippen LogP contribution in [0.3, 0.4) is 0 Å². The number of carbonyl (C=O) groups excluding carboxylic acids is 2. The lowest BCUT2D eigenvalue weighted by atomic mass is 10.1. The van der Waals surface area contributed by atoms with Crippen LogP contribution in [0.25, 0.3) is 0 Å². The van der Waals surface area contributed by atoms with Crippen molar-refractivity contribution in [3.05, 3.63) is 36.5 Å². The highest BCUT2D eigenvalue weighted by Gasteiger charge is 2.26. The highest BCUT2D eigenvalue weighted by Crippen LogP contribution is 2.43. The molecule has 0 radical (unpaired) electrons. The summed E-state index contributed by atoms with van der Waals surface area (Å²) in [5.74, 6) is -0.828. The van der Waals surface area contributed by atoms with E-state index in [4.69, 9.17) is 24.3 Å². The molecule has 10 heteroatoms. The number of esters is 2. The molecule has 0 aromatic carbocycles. The summed E-state index contributed by atoms with van der Waals surface area (Å²) >= 11 is 0. The molecule has 0 saturated carbocycles. The number of hydrogen-bond donors (Lipinski definition) is 2. The number of phosphoric ester groups is 1. The Morgan fingerprint density at radius 1 is 0.492 bits per heavy atom. The average Bonchev–Trinajstić information content (AvgIpc) is 3.25. The molecule has 0 fully saturated rings. The van der Waals surface area contributed by atoms with Gasteiger partial charge in [-0.1, -0.05) is 198 Å².